The fourth-order valence-corrected chi connectivity index (χ4v) is 5.12. The van der Waals surface area contributed by atoms with Crippen LogP contribution >= 0.6 is 0 Å². The molecule has 27 heavy (non-hydrogen) atoms. The largest absolute Gasteiger partial charge is 0.493 e. The fraction of sp³-hybridized carbons (Fsp3) is 0.783. The van der Waals surface area contributed by atoms with E-state index in [0.29, 0.717) is 11.5 Å². The third kappa shape index (κ3) is 4.96. The summed E-state index contributed by atoms with van der Waals surface area (Å²) in [5.41, 5.74) is 2.44. The second kappa shape index (κ2) is 8.38. The van der Waals surface area contributed by atoms with Gasteiger partial charge in [-0.05, 0) is 75.7 Å². The molecule has 0 saturated heterocycles. The minimum Gasteiger partial charge on any atom is -0.493 e. The predicted octanol–water partition coefficient (Wildman–Crippen LogP) is 5.67. The van der Waals surface area contributed by atoms with Crippen molar-refractivity contribution in [2.24, 2.45) is 11.3 Å². The summed E-state index contributed by atoms with van der Waals surface area (Å²) in [4.78, 5) is 4.39. The number of pyridine rings is 1. The number of aryl methyl sites for hydroxylation is 1. The van der Waals surface area contributed by atoms with E-state index in [2.05, 4.69) is 42.5 Å². The molecule has 0 spiro atoms. The Morgan fingerprint density at radius 2 is 1.74 bits per heavy atom. The summed E-state index contributed by atoms with van der Waals surface area (Å²) < 4.78 is 5.65. The summed E-state index contributed by atoms with van der Waals surface area (Å²) in [6.07, 6.45) is 13.4. The van der Waals surface area contributed by atoms with Crippen LogP contribution in [0.25, 0.3) is 0 Å². The molecule has 0 radical (unpaired) electrons. The first kappa shape index (κ1) is 20.4. The van der Waals surface area contributed by atoms with Crippen LogP contribution < -0.4 is 15.4 Å². The summed E-state index contributed by atoms with van der Waals surface area (Å²) in [7, 11) is 1.74. The van der Waals surface area contributed by atoms with Crippen LogP contribution in [0, 0.1) is 18.3 Å². The smallest absolute Gasteiger partial charge is 0.163 e. The van der Waals surface area contributed by atoms with E-state index in [-0.39, 0.29) is 5.66 Å². The molecule has 0 atom stereocenters. The highest BCUT2D eigenvalue weighted by molar-refractivity contribution is 5.59. The van der Waals surface area contributed by atoms with E-state index in [1.165, 1.54) is 57.8 Å². The Labute approximate surface area is 165 Å². The number of hydrogen-bond acceptors (Lipinski definition) is 4. The standard InChI is InChI=1S/C23H39N3O/c1-17-21(27-5)20(13-16-24-17)26-23(14-7-6-8-15-23)25-19-11-9-18(10-12-19)22(2,3)4/h13,16,18-19,25H,6-12,14-15H2,1-5H3,(H,24,26). The highest BCUT2D eigenvalue weighted by Crippen LogP contribution is 2.40. The molecule has 2 N–H and O–H groups in total. The molecule has 0 aromatic carbocycles. The maximum Gasteiger partial charge on any atom is 0.163 e. The van der Waals surface area contributed by atoms with Gasteiger partial charge in [-0.3, -0.25) is 10.3 Å². The van der Waals surface area contributed by atoms with Crippen LogP contribution in [0.15, 0.2) is 12.3 Å². The van der Waals surface area contributed by atoms with Gasteiger partial charge in [0.2, 0.25) is 0 Å². The number of anilines is 1. The lowest BCUT2D eigenvalue weighted by molar-refractivity contribution is 0.137. The first-order chi connectivity index (χ1) is 12.8. The monoisotopic (exact) mass is 373 g/mol. The lowest BCUT2D eigenvalue weighted by Gasteiger charge is -2.45. The van der Waals surface area contributed by atoms with Gasteiger partial charge in [-0.2, -0.15) is 0 Å². The Bertz CT molecular complexity index is 609. The summed E-state index contributed by atoms with van der Waals surface area (Å²) in [6.45, 7) is 9.20. The van der Waals surface area contributed by atoms with Gasteiger partial charge in [0.15, 0.2) is 5.75 Å². The third-order valence-corrected chi connectivity index (χ3v) is 6.80. The minimum atomic E-state index is -0.0153. The maximum atomic E-state index is 5.65. The fourth-order valence-electron chi connectivity index (χ4n) is 5.12. The van der Waals surface area contributed by atoms with Crippen LogP contribution in [0.3, 0.4) is 0 Å². The lowest BCUT2D eigenvalue weighted by Crippen LogP contribution is -2.57. The number of methoxy groups -OCH3 is 1. The zero-order chi connectivity index (χ0) is 19.5. The Morgan fingerprint density at radius 3 is 2.33 bits per heavy atom. The molecule has 2 fully saturated rings. The molecular weight excluding hydrogens is 334 g/mol. The van der Waals surface area contributed by atoms with Crippen LogP contribution in [0.2, 0.25) is 0 Å². The molecule has 1 heterocycles. The first-order valence-electron chi connectivity index (χ1n) is 10.9. The van der Waals surface area contributed by atoms with Crippen molar-refractivity contribution in [1.29, 1.82) is 0 Å². The van der Waals surface area contributed by atoms with Gasteiger partial charge in [-0.15, -0.1) is 0 Å². The molecule has 4 heteroatoms. The summed E-state index contributed by atoms with van der Waals surface area (Å²) in [5.74, 6) is 1.73. The molecule has 152 valence electrons. The van der Waals surface area contributed by atoms with E-state index in [1.807, 2.05) is 13.1 Å². The minimum absolute atomic E-state index is 0.0153. The van der Waals surface area contributed by atoms with E-state index in [9.17, 15) is 0 Å². The molecular formula is C23H39N3O. The van der Waals surface area contributed by atoms with Gasteiger partial charge < -0.3 is 10.1 Å². The van der Waals surface area contributed by atoms with Crippen molar-refractivity contribution in [3.63, 3.8) is 0 Å². The van der Waals surface area contributed by atoms with Crippen molar-refractivity contribution < 1.29 is 4.74 Å². The molecule has 2 aliphatic carbocycles. The second-order valence-corrected chi connectivity index (χ2v) is 9.80. The summed E-state index contributed by atoms with van der Waals surface area (Å²) >= 11 is 0. The second-order valence-electron chi connectivity index (χ2n) is 9.80. The Balaban J connectivity index is 1.72. The molecule has 1 aromatic rings. The topological polar surface area (TPSA) is 46.2 Å². The van der Waals surface area contributed by atoms with Crippen LogP contribution in [-0.4, -0.2) is 23.8 Å². The van der Waals surface area contributed by atoms with Crippen LogP contribution in [0.4, 0.5) is 5.69 Å². The van der Waals surface area contributed by atoms with Crippen LogP contribution in [-0.2, 0) is 0 Å². The Kier molecular flexibility index (Phi) is 6.35. The molecule has 0 aliphatic heterocycles. The van der Waals surface area contributed by atoms with Crippen molar-refractivity contribution in [2.75, 3.05) is 12.4 Å². The quantitative estimate of drug-likeness (QED) is 0.653. The van der Waals surface area contributed by atoms with Crippen LogP contribution in [0.1, 0.15) is 84.3 Å². The van der Waals surface area contributed by atoms with E-state index in [1.54, 1.807) is 7.11 Å². The molecule has 2 saturated carbocycles. The Morgan fingerprint density at radius 1 is 1.07 bits per heavy atom. The zero-order valence-electron chi connectivity index (χ0n) is 18.0. The van der Waals surface area contributed by atoms with E-state index < -0.39 is 0 Å². The predicted molar refractivity (Wildman–Crippen MR) is 113 cm³/mol. The van der Waals surface area contributed by atoms with Gasteiger partial charge in [0.25, 0.3) is 0 Å². The molecule has 3 rings (SSSR count). The maximum absolute atomic E-state index is 5.65. The number of ether oxygens (including phenoxy) is 1. The molecule has 0 amide bonds. The van der Waals surface area contributed by atoms with E-state index in [4.69, 9.17) is 4.74 Å². The van der Waals surface area contributed by atoms with Crippen molar-refractivity contribution in [3.05, 3.63) is 18.0 Å². The lowest BCUT2D eigenvalue weighted by atomic mass is 9.71. The molecule has 2 aliphatic rings. The highest BCUT2D eigenvalue weighted by atomic mass is 16.5. The van der Waals surface area contributed by atoms with Crippen molar-refractivity contribution in [2.45, 2.75) is 97.2 Å². The van der Waals surface area contributed by atoms with Gasteiger partial charge >= 0.3 is 0 Å². The highest BCUT2D eigenvalue weighted by Gasteiger charge is 2.37. The van der Waals surface area contributed by atoms with Crippen molar-refractivity contribution in [3.8, 4) is 5.75 Å². The number of aromatic nitrogens is 1. The normalized spacial score (nSPS) is 25.8. The van der Waals surface area contributed by atoms with E-state index >= 15 is 0 Å². The van der Waals surface area contributed by atoms with Gasteiger partial charge in [0, 0.05) is 12.2 Å². The Hall–Kier alpha value is -1.29. The molecule has 4 nitrogen and oxygen atoms in total. The summed E-state index contributed by atoms with van der Waals surface area (Å²) in [5, 5.41) is 7.94. The number of rotatable bonds is 5. The average molecular weight is 374 g/mol. The van der Waals surface area contributed by atoms with Gasteiger partial charge in [0.1, 0.15) is 0 Å². The zero-order valence-corrected chi connectivity index (χ0v) is 18.0. The molecule has 1 aromatic heterocycles. The SMILES string of the molecule is COc1c(NC2(NC3CCC(C(C)(C)C)CC3)CCCCC2)ccnc1C. The first-order valence-corrected chi connectivity index (χ1v) is 10.9. The number of nitrogens with one attached hydrogen (secondary N) is 2. The number of hydrogen-bond donors (Lipinski definition) is 2. The average Bonchev–Trinajstić information content (AvgIpc) is 2.62. The van der Waals surface area contributed by atoms with E-state index in [0.717, 1.165) is 23.0 Å². The van der Waals surface area contributed by atoms with Gasteiger partial charge in [0.05, 0.1) is 24.2 Å². The molecule has 0 unspecified atom stereocenters. The van der Waals surface area contributed by atoms with Crippen LogP contribution in [0.5, 0.6) is 5.75 Å². The number of nitrogens with zero attached hydrogens (tertiary/aromatic N) is 1. The summed E-state index contributed by atoms with van der Waals surface area (Å²) in [6, 6.07) is 2.67. The molecule has 0 bridgehead atoms. The van der Waals surface area contributed by atoms with Gasteiger partial charge in [-0.1, -0.05) is 27.2 Å². The van der Waals surface area contributed by atoms with Gasteiger partial charge in [-0.25, -0.2) is 0 Å². The third-order valence-electron chi connectivity index (χ3n) is 6.80. The van der Waals surface area contributed by atoms with Crippen molar-refractivity contribution >= 4 is 5.69 Å². The van der Waals surface area contributed by atoms with Crippen molar-refractivity contribution in [1.82, 2.24) is 10.3 Å².